The second-order valence-corrected chi connectivity index (χ2v) is 5.58. The summed E-state index contributed by atoms with van der Waals surface area (Å²) < 4.78 is 0. The van der Waals surface area contributed by atoms with Gasteiger partial charge in [-0.3, -0.25) is 9.59 Å². The molecule has 2 aromatic rings. The van der Waals surface area contributed by atoms with Gasteiger partial charge in [0.2, 0.25) is 0 Å². The average molecular weight is 264 g/mol. The van der Waals surface area contributed by atoms with Crippen molar-refractivity contribution in [3.05, 3.63) is 69.8 Å². The van der Waals surface area contributed by atoms with Crippen LogP contribution >= 0.6 is 0 Å². The Labute approximate surface area is 118 Å². The minimum atomic E-state index is -0.0322. The molecule has 2 nitrogen and oxygen atoms in total. The molecule has 0 spiro atoms. The molecule has 0 saturated carbocycles. The van der Waals surface area contributed by atoms with E-state index in [1.807, 2.05) is 45.0 Å². The Morgan fingerprint density at radius 2 is 1.35 bits per heavy atom. The first-order valence-electron chi connectivity index (χ1n) is 6.84. The van der Waals surface area contributed by atoms with Crippen molar-refractivity contribution < 1.29 is 9.59 Å². The van der Waals surface area contributed by atoms with E-state index >= 15 is 0 Å². The second kappa shape index (κ2) is 4.41. The lowest BCUT2D eigenvalue weighted by Gasteiger charge is -2.22. The lowest BCUT2D eigenvalue weighted by atomic mass is 9.78. The molecule has 0 heterocycles. The van der Waals surface area contributed by atoms with Crippen LogP contribution in [0.4, 0.5) is 0 Å². The van der Waals surface area contributed by atoms with Crippen LogP contribution in [0.1, 0.15) is 62.7 Å². The third-order valence-corrected chi connectivity index (χ3v) is 3.93. The zero-order chi connectivity index (χ0) is 14.4. The maximum absolute atomic E-state index is 12.8. The van der Waals surface area contributed by atoms with E-state index in [1.54, 1.807) is 12.1 Å². The number of aryl methyl sites for hydroxylation is 1. The van der Waals surface area contributed by atoms with Crippen LogP contribution in [-0.4, -0.2) is 11.6 Å². The number of benzene rings is 2. The maximum Gasteiger partial charge on any atom is 0.194 e. The number of carbonyl (C=O) groups excluding carboxylic acids is 2. The monoisotopic (exact) mass is 264 g/mol. The van der Waals surface area contributed by atoms with Gasteiger partial charge in [-0.05, 0) is 24.0 Å². The highest BCUT2D eigenvalue weighted by atomic mass is 16.1. The first-order chi connectivity index (χ1) is 9.52. The van der Waals surface area contributed by atoms with E-state index in [9.17, 15) is 9.59 Å². The van der Waals surface area contributed by atoms with E-state index in [1.165, 1.54) is 0 Å². The van der Waals surface area contributed by atoms with Gasteiger partial charge in [0, 0.05) is 22.3 Å². The molecule has 0 N–H and O–H groups in total. The van der Waals surface area contributed by atoms with Gasteiger partial charge in [0.25, 0.3) is 0 Å². The van der Waals surface area contributed by atoms with Crippen LogP contribution in [0.2, 0.25) is 0 Å². The normalized spacial score (nSPS) is 13.4. The molecule has 0 saturated heterocycles. The van der Waals surface area contributed by atoms with Gasteiger partial charge in [-0.15, -0.1) is 0 Å². The fraction of sp³-hybridized carbons (Fsp3) is 0.222. The van der Waals surface area contributed by atoms with Gasteiger partial charge in [0.1, 0.15) is 0 Å². The smallest absolute Gasteiger partial charge is 0.194 e. The van der Waals surface area contributed by atoms with Crippen LogP contribution in [-0.2, 0) is 0 Å². The summed E-state index contributed by atoms with van der Waals surface area (Å²) in [5, 5.41) is 0. The van der Waals surface area contributed by atoms with E-state index in [-0.39, 0.29) is 17.5 Å². The highest BCUT2D eigenvalue weighted by Gasteiger charge is 2.32. The van der Waals surface area contributed by atoms with Crippen molar-refractivity contribution in [2.24, 2.45) is 0 Å². The lowest BCUT2D eigenvalue weighted by Crippen LogP contribution is -2.23. The van der Waals surface area contributed by atoms with Crippen LogP contribution < -0.4 is 0 Å². The van der Waals surface area contributed by atoms with Crippen molar-refractivity contribution in [3.63, 3.8) is 0 Å². The Kier molecular flexibility index (Phi) is 2.82. The summed E-state index contributed by atoms with van der Waals surface area (Å²) in [6.07, 6.45) is 0. The quantitative estimate of drug-likeness (QED) is 0.668. The molecule has 0 unspecified atom stereocenters. The number of hydrogen-bond acceptors (Lipinski definition) is 2. The van der Waals surface area contributed by atoms with Crippen molar-refractivity contribution in [1.82, 2.24) is 0 Å². The van der Waals surface area contributed by atoms with Gasteiger partial charge in [0.05, 0.1) is 0 Å². The van der Waals surface area contributed by atoms with Crippen molar-refractivity contribution in [3.8, 4) is 0 Å². The molecule has 0 aromatic heterocycles. The Morgan fingerprint density at radius 1 is 0.800 bits per heavy atom. The van der Waals surface area contributed by atoms with Crippen LogP contribution in [0.25, 0.3) is 0 Å². The molecule has 0 bridgehead atoms. The predicted octanol–water partition coefficient (Wildman–Crippen LogP) is 3.89. The average Bonchev–Trinajstić information content (AvgIpc) is 2.43. The zero-order valence-corrected chi connectivity index (χ0v) is 11.9. The summed E-state index contributed by atoms with van der Waals surface area (Å²) in [5.74, 6) is 0.158. The molecule has 0 fully saturated rings. The van der Waals surface area contributed by atoms with E-state index in [2.05, 4.69) is 0 Å². The van der Waals surface area contributed by atoms with Gasteiger partial charge in [0.15, 0.2) is 11.6 Å². The van der Waals surface area contributed by atoms with Crippen molar-refractivity contribution in [1.29, 1.82) is 0 Å². The third kappa shape index (κ3) is 1.64. The largest absolute Gasteiger partial charge is 0.289 e. The molecule has 0 atom stereocenters. The number of carbonyl (C=O) groups is 2. The van der Waals surface area contributed by atoms with Gasteiger partial charge < -0.3 is 0 Å². The SMILES string of the molecule is Cc1cccc2c1C(=O)c1cccc(C(C)C)c1C2=O. The Morgan fingerprint density at radius 3 is 2.00 bits per heavy atom. The zero-order valence-electron chi connectivity index (χ0n) is 11.9. The summed E-state index contributed by atoms with van der Waals surface area (Å²) in [7, 11) is 0. The van der Waals surface area contributed by atoms with Gasteiger partial charge in [-0.1, -0.05) is 50.2 Å². The Hall–Kier alpha value is -2.22. The molecule has 2 aromatic carbocycles. The highest BCUT2D eigenvalue weighted by Crippen LogP contribution is 2.33. The molecule has 0 amide bonds. The van der Waals surface area contributed by atoms with E-state index < -0.39 is 0 Å². The Bertz CT molecular complexity index is 739. The number of rotatable bonds is 1. The molecule has 1 aliphatic rings. The van der Waals surface area contributed by atoms with Crippen molar-refractivity contribution in [2.45, 2.75) is 26.7 Å². The topological polar surface area (TPSA) is 34.1 Å². The first kappa shape index (κ1) is 12.8. The number of fused-ring (bicyclic) bond motifs is 2. The summed E-state index contributed by atoms with van der Waals surface area (Å²) in [4.78, 5) is 25.5. The fourth-order valence-electron chi connectivity index (χ4n) is 2.92. The van der Waals surface area contributed by atoms with Gasteiger partial charge in [-0.2, -0.15) is 0 Å². The summed E-state index contributed by atoms with van der Waals surface area (Å²) in [5.41, 5.74) is 4.05. The van der Waals surface area contributed by atoms with Gasteiger partial charge >= 0.3 is 0 Å². The van der Waals surface area contributed by atoms with Crippen LogP contribution in [0.15, 0.2) is 36.4 Å². The molecule has 1 aliphatic carbocycles. The Balaban J connectivity index is 2.35. The van der Waals surface area contributed by atoms with E-state index in [4.69, 9.17) is 0 Å². The fourth-order valence-corrected chi connectivity index (χ4v) is 2.92. The van der Waals surface area contributed by atoms with Crippen molar-refractivity contribution in [2.75, 3.05) is 0 Å². The molecular weight excluding hydrogens is 248 g/mol. The molecule has 0 radical (unpaired) electrons. The number of ketones is 2. The van der Waals surface area contributed by atoms with E-state index in [0.717, 1.165) is 11.1 Å². The third-order valence-electron chi connectivity index (χ3n) is 3.93. The molecule has 100 valence electrons. The van der Waals surface area contributed by atoms with Crippen LogP contribution in [0, 0.1) is 6.92 Å². The lowest BCUT2D eigenvalue weighted by molar-refractivity contribution is 0.0977. The summed E-state index contributed by atoms with van der Waals surface area (Å²) in [6.45, 7) is 5.96. The summed E-state index contributed by atoms with van der Waals surface area (Å²) >= 11 is 0. The minimum Gasteiger partial charge on any atom is -0.289 e. The molecule has 2 heteroatoms. The first-order valence-corrected chi connectivity index (χ1v) is 6.84. The molecule has 3 rings (SSSR count). The van der Waals surface area contributed by atoms with Gasteiger partial charge in [-0.25, -0.2) is 0 Å². The van der Waals surface area contributed by atoms with Crippen LogP contribution in [0.5, 0.6) is 0 Å². The second-order valence-electron chi connectivity index (χ2n) is 5.58. The summed E-state index contributed by atoms with van der Waals surface area (Å²) in [6, 6.07) is 11.0. The maximum atomic E-state index is 12.8. The van der Waals surface area contributed by atoms with Crippen molar-refractivity contribution >= 4 is 11.6 Å². The molecular formula is C18H16O2. The van der Waals surface area contributed by atoms with Crippen LogP contribution in [0.3, 0.4) is 0 Å². The molecule has 20 heavy (non-hydrogen) atoms. The molecule has 0 aliphatic heterocycles. The predicted molar refractivity (Wildman–Crippen MR) is 78.6 cm³/mol. The number of hydrogen-bond donors (Lipinski definition) is 0. The standard InChI is InChI=1S/C18H16O2/c1-10(2)12-7-5-9-14-16(12)18(20)13-8-4-6-11(3)15(13)17(14)19/h4-10H,1-3H3. The minimum absolute atomic E-state index is 0.0254. The highest BCUT2D eigenvalue weighted by molar-refractivity contribution is 6.29. The van der Waals surface area contributed by atoms with E-state index in [0.29, 0.717) is 22.3 Å².